The van der Waals surface area contributed by atoms with Crippen LogP contribution in [-0.4, -0.2) is 24.0 Å². The molecule has 2 aliphatic rings. The van der Waals surface area contributed by atoms with Crippen LogP contribution >= 0.6 is 0 Å². The molecule has 1 aromatic rings. The monoisotopic (exact) mass is 244 g/mol. The molecule has 0 spiro atoms. The zero-order valence-corrected chi connectivity index (χ0v) is 10.8. The molecule has 2 fully saturated rings. The minimum atomic E-state index is -0.151. The highest BCUT2D eigenvalue weighted by atomic mass is 16.2. The Balaban J connectivity index is 1.80. The Morgan fingerprint density at radius 3 is 2.50 bits per heavy atom. The molecule has 1 saturated heterocycles. The first-order valence-electron chi connectivity index (χ1n) is 6.85. The summed E-state index contributed by atoms with van der Waals surface area (Å²) in [6.45, 7) is 0. The van der Waals surface area contributed by atoms with Crippen molar-refractivity contribution >= 4 is 5.91 Å². The molecule has 1 amide bonds. The summed E-state index contributed by atoms with van der Waals surface area (Å²) >= 11 is 0. The molecule has 96 valence electrons. The van der Waals surface area contributed by atoms with E-state index in [-0.39, 0.29) is 18.1 Å². The van der Waals surface area contributed by atoms with Crippen molar-refractivity contribution in [3.05, 3.63) is 35.9 Å². The Bertz CT molecular complexity index is 425. The lowest BCUT2D eigenvalue weighted by atomic mass is 10.0. The fourth-order valence-electron chi connectivity index (χ4n) is 3.30. The number of rotatable bonds is 2. The van der Waals surface area contributed by atoms with Gasteiger partial charge in [-0.2, -0.15) is 0 Å². The van der Waals surface area contributed by atoms with Gasteiger partial charge in [-0.15, -0.1) is 0 Å². The first-order valence-corrected chi connectivity index (χ1v) is 6.85. The fraction of sp³-hybridized carbons (Fsp3) is 0.533. The zero-order valence-electron chi connectivity index (χ0n) is 10.8. The summed E-state index contributed by atoms with van der Waals surface area (Å²) in [5.41, 5.74) is 1.08. The van der Waals surface area contributed by atoms with Crippen molar-refractivity contribution in [1.82, 2.24) is 10.2 Å². The van der Waals surface area contributed by atoms with Crippen LogP contribution < -0.4 is 5.32 Å². The number of nitrogens with zero attached hydrogens (tertiary/aromatic N) is 1. The maximum Gasteiger partial charge on any atom is 0.245 e. The van der Waals surface area contributed by atoms with E-state index in [1.807, 2.05) is 42.3 Å². The number of nitrogens with one attached hydrogen (secondary N) is 1. The number of hydrogen-bond donors (Lipinski definition) is 1. The van der Waals surface area contributed by atoms with Crippen molar-refractivity contribution in [2.24, 2.45) is 5.92 Å². The average molecular weight is 244 g/mol. The summed E-state index contributed by atoms with van der Waals surface area (Å²) in [5, 5.41) is 3.53. The van der Waals surface area contributed by atoms with Gasteiger partial charge < -0.3 is 4.90 Å². The van der Waals surface area contributed by atoms with E-state index in [4.69, 9.17) is 0 Å². The van der Waals surface area contributed by atoms with Gasteiger partial charge in [0.25, 0.3) is 0 Å². The number of carbonyl (C=O) groups is 1. The van der Waals surface area contributed by atoms with Crippen molar-refractivity contribution < 1.29 is 4.79 Å². The fourth-order valence-corrected chi connectivity index (χ4v) is 3.30. The largest absolute Gasteiger partial charge is 0.328 e. The highest BCUT2D eigenvalue weighted by molar-refractivity contribution is 5.85. The lowest BCUT2D eigenvalue weighted by Crippen LogP contribution is -2.39. The number of amides is 1. The second kappa shape index (κ2) is 4.73. The van der Waals surface area contributed by atoms with E-state index in [9.17, 15) is 4.79 Å². The number of carbonyl (C=O) groups excluding carboxylic acids is 1. The van der Waals surface area contributed by atoms with Gasteiger partial charge in [0.1, 0.15) is 6.04 Å². The Hall–Kier alpha value is -1.35. The van der Waals surface area contributed by atoms with Crippen molar-refractivity contribution in [2.75, 3.05) is 7.05 Å². The standard InChI is InChI=1S/C15H20N2O/c1-17-14(12-9-5-6-10-12)16-13(15(17)18)11-7-3-2-4-8-11/h2-4,7-8,12-14,16H,5-6,9-10H2,1H3. The number of likely N-dealkylation sites (N-methyl/N-ethyl adjacent to an activating group) is 1. The lowest BCUT2D eigenvalue weighted by molar-refractivity contribution is -0.129. The summed E-state index contributed by atoms with van der Waals surface area (Å²) < 4.78 is 0. The Labute approximate surface area is 108 Å². The molecule has 1 aliphatic heterocycles. The van der Waals surface area contributed by atoms with Crippen LogP contribution in [0.3, 0.4) is 0 Å². The average Bonchev–Trinajstić information content (AvgIpc) is 3.01. The summed E-state index contributed by atoms with van der Waals surface area (Å²) in [7, 11) is 1.93. The maximum atomic E-state index is 12.3. The minimum absolute atomic E-state index is 0.151. The summed E-state index contributed by atoms with van der Waals surface area (Å²) in [4.78, 5) is 14.2. The SMILES string of the molecule is CN1C(=O)C(c2ccccc2)NC1C1CCCC1. The third-order valence-corrected chi connectivity index (χ3v) is 4.33. The van der Waals surface area contributed by atoms with Crippen LogP contribution in [0, 0.1) is 5.92 Å². The van der Waals surface area contributed by atoms with Gasteiger partial charge in [0.15, 0.2) is 0 Å². The van der Waals surface area contributed by atoms with Crippen LogP contribution in [0.4, 0.5) is 0 Å². The first-order chi connectivity index (χ1) is 8.77. The van der Waals surface area contributed by atoms with Crippen LogP contribution in [0.1, 0.15) is 37.3 Å². The van der Waals surface area contributed by atoms with Gasteiger partial charge in [-0.3, -0.25) is 10.1 Å². The molecule has 3 rings (SSSR count). The number of benzene rings is 1. The van der Waals surface area contributed by atoms with Crippen LogP contribution in [0.15, 0.2) is 30.3 Å². The van der Waals surface area contributed by atoms with Crippen LogP contribution in [0.5, 0.6) is 0 Å². The molecular formula is C15H20N2O. The van der Waals surface area contributed by atoms with Gasteiger partial charge >= 0.3 is 0 Å². The van der Waals surface area contributed by atoms with Crippen LogP contribution in [-0.2, 0) is 4.79 Å². The van der Waals surface area contributed by atoms with Gasteiger partial charge in [0.05, 0.1) is 6.17 Å². The van der Waals surface area contributed by atoms with Crippen LogP contribution in [0.25, 0.3) is 0 Å². The maximum absolute atomic E-state index is 12.3. The molecule has 1 N–H and O–H groups in total. The minimum Gasteiger partial charge on any atom is -0.328 e. The molecule has 3 nitrogen and oxygen atoms in total. The van der Waals surface area contributed by atoms with Crippen molar-refractivity contribution in [3.63, 3.8) is 0 Å². The Kier molecular flexibility index (Phi) is 3.08. The molecule has 0 bridgehead atoms. The molecular weight excluding hydrogens is 224 g/mol. The van der Waals surface area contributed by atoms with Crippen LogP contribution in [0.2, 0.25) is 0 Å². The van der Waals surface area contributed by atoms with Gasteiger partial charge in [0.2, 0.25) is 5.91 Å². The molecule has 2 unspecified atom stereocenters. The molecule has 2 atom stereocenters. The smallest absolute Gasteiger partial charge is 0.245 e. The molecule has 1 aliphatic carbocycles. The molecule has 3 heteroatoms. The third kappa shape index (κ3) is 1.93. The third-order valence-electron chi connectivity index (χ3n) is 4.33. The topological polar surface area (TPSA) is 32.3 Å². The second-order valence-electron chi connectivity index (χ2n) is 5.45. The lowest BCUT2D eigenvalue weighted by Gasteiger charge is -2.25. The molecule has 0 aromatic heterocycles. The second-order valence-corrected chi connectivity index (χ2v) is 5.45. The highest BCUT2D eigenvalue weighted by Gasteiger charge is 2.41. The van der Waals surface area contributed by atoms with E-state index >= 15 is 0 Å². The first kappa shape index (κ1) is 11.7. The zero-order chi connectivity index (χ0) is 12.5. The van der Waals surface area contributed by atoms with Gasteiger partial charge in [0, 0.05) is 7.05 Å². The molecule has 18 heavy (non-hydrogen) atoms. The summed E-state index contributed by atoms with van der Waals surface area (Å²) in [6, 6.07) is 9.88. The Morgan fingerprint density at radius 1 is 1.17 bits per heavy atom. The van der Waals surface area contributed by atoms with E-state index in [0.29, 0.717) is 5.92 Å². The predicted molar refractivity (Wildman–Crippen MR) is 70.8 cm³/mol. The highest BCUT2D eigenvalue weighted by Crippen LogP contribution is 2.34. The van der Waals surface area contributed by atoms with Gasteiger partial charge in [-0.05, 0) is 24.3 Å². The number of hydrogen-bond acceptors (Lipinski definition) is 2. The van der Waals surface area contributed by atoms with E-state index in [2.05, 4.69) is 5.32 Å². The van der Waals surface area contributed by atoms with Crippen molar-refractivity contribution in [2.45, 2.75) is 37.9 Å². The molecule has 1 aromatic carbocycles. The van der Waals surface area contributed by atoms with Crippen molar-refractivity contribution in [3.8, 4) is 0 Å². The Morgan fingerprint density at radius 2 is 1.83 bits per heavy atom. The van der Waals surface area contributed by atoms with Gasteiger partial charge in [-0.25, -0.2) is 0 Å². The van der Waals surface area contributed by atoms with E-state index in [1.165, 1.54) is 25.7 Å². The normalized spacial score (nSPS) is 29.2. The predicted octanol–water partition coefficient (Wildman–Crippen LogP) is 2.31. The van der Waals surface area contributed by atoms with Gasteiger partial charge in [-0.1, -0.05) is 43.2 Å². The van der Waals surface area contributed by atoms with E-state index in [1.54, 1.807) is 0 Å². The molecule has 1 heterocycles. The molecule has 0 radical (unpaired) electrons. The molecule has 1 saturated carbocycles. The summed E-state index contributed by atoms with van der Waals surface area (Å²) in [6.07, 6.45) is 5.33. The van der Waals surface area contributed by atoms with E-state index < -0.39 is 0 Å². The quantitative estimate of drug-likeness (QED) is 0.866. The van der Waals surface area contributed by atoms with Crippen molar-refractivity contribution in [1.29, 1.82) is 0 Å². The summed E-state index contributed by atoms with van der Waals surface area (Å²) in [5.74, 6) is 0.839. The van der Waals surface area contributed by atoms with E-state index in [0.717, 1.165) is 5.56 Å².